The van der Waals surface area contributed by atoms with Gasteiger partial charge in [-0.05, 0) is 50.8 Å². The second-order valence-electron chi connectivity index (χ2n) is 9.27. The van der Waals surface area contributed by atoms with Crippen LogP contribution in [-0.4, -0.2) is 56.5 Å². The Morgan fingerprint density at radius 2 is 1.80 bits per heavy atom. The molecule has 188 valence electrons. The largest absolute Gasteiger partial charge is 0.374 e. The number of nitrogens with two attached hydrogens (primary N) is 1. The molecule has 0 unspecified atom stereocenters. The second kappa shape index (κ2) is 11.4. The Hall–Kier alpha value is -3.30. The van der Waals surface area contributed by atoms with Crippen molar-refractivity contribution in [1.29, 1.82) is 0 Å². The summed E-state index contributed by atoms with van der Waals surface area (Å²) < 4.78 is 7.68. The summed E-state index contributed by atoms with van der Waals surface area (Å²) in [6.45, 7) is 5.33. The van der Waals surface area contributed by atoms with Crippen LogP contribution in [0.5, 0.6) is 0 Å². The maximum Gasteiger partial charge on any atom is 0.257 e. The molecule has 1 fully saturated rings. The smallest absolute Gasteiger partial charge is 0.257 e. The summed E-state index contributed by atoms with van der Waals surface area (Å²) in [5, 5.41) is 11.6. The predicted octanol–water partition coefficient (Wildman–Crippen LogP) is 3.10. The van der Waals surface area contributed by atoms with Gasteiger partial charge in [0.15, 0.2) is 11.5 Å². The Kier molecular flexibility index (Phi) is 8.58. The van der Waals surface area contributed by atoms with Crippen LogP contribution in [0.1, 0.15) is 68.3 Å². The number of hydrogen-bond donors (Lipinski definition) is 2. The van der Waals surface area contributed by atoms with Crippen molar-refractivity contribution < 1.29 is 14.3 Å². The van der Waals surface area contributed by atoms with Gasteiger partial charge >= 0.3 is 0 Å². The van der Waals surface area contributed by atoms with Gasteiger partial charge in [-0.1, -0.05) is 37.8 Å². The zero-order chi connectivity index (χ0) is 24.1. The molecule has 0 aliphatic carbocycles. The third-order valence-electron chi connectivity index (χ3n) is 5.93. The average molecular weight is 481 g/mol. The number of rotatable bonds is 8. The number of ether oxygens (including phenoxy) is 1. The molecule has 0 radical (unpaired) electrons. The summed E-state index contributed by atoms with van der Waals surface area (Å²) in [5.74, 6) is 0.0975. The molecule has 3 heterocycles. The molecule has 9 nitrogen and oxygen atoms in total. The number of fused-ring (bicyclic) bond motifs is 1. The fourth-order valence-corrected chi connectivity index (χ4v) is 4.00. The summed E-state index contributed by atoms with van der Waals surface area (Å²) >= 11 is 0. The highest BCUT2D eigenvalue weighted by molar-refractivity contribution is 5.99. The van der Waals surface area contributed by atoms with Crippen LogP contribution in [0, 0.1) is 0 Å². The number of likely N-dealkylation sites (tertiary alicyclic amines) is 1. The SMILES string of the molecule is C.CC(C)(N)C(=O)N[C@H](COCc1ccccc1)c1nnc2c(C(=O)N3CCCCC3)cccn12. The van der Waals surface area contributed by atoms with Crippen molar-refractivity contribution in [2.75, 3.05) is 19.7 Å². The molecule has 1 aliphatic rings. The van der Waals surface area contributed by atoms with Crippen LogP contribution in [0.15, 0.2) is 48.7 Å². The Labute approximate surface area is 206 Å². The molecule has 9 heteroatoms. The zero-order valence-corrected chi connectivity index (χ0v) is 19.7. The topological polar surface area (TPSA) is 115 Å². The summed E-state index contributed by atoms with van der Waals surface area (Å²) in [5.41, 5.74) is 6.92. The molecule has 0 bridgehead atoms. The lowest BCUT2D eigenvalue weighted by molar-refractivity contribution is -0.126. The molecule has 1 aromatic carbocycles. The first kappa shape index (κ1) is 26.3. The van der Waals surface area contributed by atoms with Gasteiger partial charge in [-0.2, -0.15) is 0 Å². The summed E-state index contributed by atoms with van der Waals surface area (Å²) in [6.07, 6.45) is 4.95. The minimum absolute atomic E-state index is 0. The number of pyridine rings is 1. The van der Waals surface area contributed by atoms with Crippen molar-refractivity contribution in [3.8, 4) is 0 Å². The fourth-order valence-electron chi connectivity index (χ4n) is 4.00. The van der Waals surface area contributed by atoms with E-state index in [1.54, 1.807) is 36.6 Å². The highest BCUT2D eigenvalue weighted by Gasteiger charge is 2.29. The van der Waals surface area contributed by atoms with Crippen LogP contribution in [0.25, 0.3) is 5.65 Å². The third-order valence-corrected chi connectivity index (χ3v) is 5.93. The number of aromatic nitrogens is 3. The number of carbonyl (C=O) groups is 2. The van der Waals surface area contributed by atoms with Gasteiger partial charge in [0, 0.05) is 19.3 Å². The molecule has 3 N–H and O–H groups in total. The van der Waals surface area contributed by atoms with E-state index in [2.05, 4.69) is 15.5 Å². The number of carbonyl (C=O) groups excluding carboxylic acids is 2. The lowest BCUT2D eigenvalue weighted by Crippen LogP contribution is -2.50. The van der Waals surface area contributed by atoms with Crippen molar-refractivity contribution in [3.63, 3.8) is 0 Å². The Bertz CT molecular complexity index is 1130. The van der Waals surface area contributed by atoms with E-state index in [1.807, 2.05) is 35.2 Å². The van der Waals surface area contributed by atoms with Gasteiger partial charge in [-0.15, -0.1) is 10.2 Å². The number of benzene rings is 1. The standard InChI is InChI=1S/C25H32N6O3.CH4/c1-25(2,26)24(33)27-20(17-34-16-18-10-5-3-6-11-18)22-29-28-21-19(12-9-15-31(21)22)23(32)30-13-7-4-8-14-30;/h3,5-6,9-12,15,20H,4,7-8,13-14,16-17,26H2,1-2H3,(H,27,33);1H4/t20-;/m1./s1. The predicted molar refractivity (Wildman–Crippen MR) is 135 cm³/mol. The van der Waals surface area contributed by atoms with Crippen LogP contribution in [0.3, 0.4) is 0 Å². The molecule has 2 amide bonds. The molecular formula is C26H36N6O3. The van der Waals surface area contributed by atoms with Crippen LogP contribution in [-0.2, 0) is 16.1 Å². The number of nitrogens with one attached hydrogen (secondary N) is 1. The number of nitrogens with zero attached hydrogens (tertiary/aromatic N) is 4. The van der Waals surface area contributed by atoms with E-state index in [-0.39, 0.29) is 25.8 Å². The zero-order valence-electron chi connectivity index (χ0n) is 19.7. The van der Waals surface area contributed by atoms with Gasteiger partial charge in [0.2, 0.25) is 5.91 Å². The van der Waals surface area contributed by atoms with Crippen LogP contribution in [0.4, 0.5) is 0 Å². The van der Waals surface area contributed by atoms with Crippen LogP contribution >= 0.6 is 0 Å². The quantitative estimate of drug-likeness (QED) is 0.512. The molecule has 3 aromatic rings. The molecule has 4 rings (SSSR count). The van der Waals surface area contributed by atoms with E-state index in [1.165, 1.54) is 0 Å². The monoisotopic (exact) mass is 480 g/mol. The normalized spacial score (nSPS) is 14.9. The number of piperidine rings is 1. The van der Waals surface area contributed by atoms with E-state index in [0.29, 0.717) is 23.6 Å². The molecule has 2 aromatic heterocycles. The highest BCUT2D eigenvalue weighted by atomic mass is 16.5. The van der Waals surface area contributed by atoms with Gasteiger partial charge < -0.3 is 20.7 Å². The first-order valence-electron chi connectivity index (χ1n) is 11.7. The molecule has 1 atom stereocenters. The summed E-state index contributed by atoms with van der Waals surface area (Å²) in [7, 11) is 0. The van der Waals surface area contributed by atoms with E-state index in [4.69, 9.17) is 10.5 Å². The molecule has 1 aliphatic heterocycles. The first-order chi connectivity index (χ1) is 16.3. The van der Waals surface area contributed by atoms with Crippen LogP contribution in [0.2, 0.25) is 0 Å². The minimum atomic E-state index is -1.08. The first-order valence-corrected chi connectivity index (χ1v) is 11.7. The summed E-state index contributed by atoms with van der Waals surface area (Å²) in [6, 6.07) is 12.8. The van der Waals surface area contributed by atoms with Crippen LogP contribution < -0.4 is 11.1 Å². The van der Waals surface area contributed by atoms with Crippen molar-refractivity contribution in [2.24, 2.45) is 5.73 Å². The van der Waals surface area contributed by atoms with Crippen molar-refractivity contribution in [2.45, 2.75) is 58.7 Å². The van der Waals surface area contributed by atoms with E-state index in [0.717, 1.165) is 37.9 Å². The second-order valence-corrected chi connectivity index (χ2v) is 9.27. The van der Waals surface area contributed by atoms with Crippen molar-refractivity contribution >= 4 is 17.5 Å². The maximum atomic E-state index is 13.2. The molecule has 1 saturated heterocycles. The van der Waals surface area contributed by atoms with E-state index < -0.39 is 11.6 Å². The Balaban J connectivity index is 0.00000342. The number of amides is 2. The molecular weight excluding hydrogens is 444 g/mol. The van der Waals surface area contributed by atoms with Gasteiger partial charge in [0.1, 0.15) is 6.04 Å². The molecule has 35 heavy (non-hydrogen) atoms. The fraction of sp³-hybridized carbons (Fsp3) is 0.462. The van der Waals surface area contributed by atoms with Crippen molar-refractivity contribution in [3.05, 3.63) is 65.6 Å². The summed E-state index contributed by atoms with van der Waals surface area (Å²) in [4.78, 5) is 27.7. The Morgan fingerprint density at radius 3 is 2.49 bits per heavy atom. The molecule has 0 saturated carbocycles. The van der Waals surface area contributed by atoms with Crippen molar-refractivity contribution in [1.82, 2.24) is 24.8 Å². The van der Waals surface area contributed by atoms with E-state index in [9.17, 15) is 9.59 Å². The average Bonchev–Trinajstić information content (AvgIpc) is 3.28. The lowest BCUT2D eigenvalue weighted by Gasteiger charge is -2.26. The highest BCUT2D eigenvalue weighted by Crippen LogP contribution is 2.20. The molecule has 0 spiro atoms. The van der Waals surface area contributed by atoms with Gasteiger partial charge in [-0.3, -0.25) is 14.0 Å². The maximum absolute atomic E-state index is 13.2. The lowest BCUT2D eigenvalue weighted by atomic mass is 10.1. The minimum Gasteiger partial charge on any atom is -0.374 e. The number of hydrogen-bond acceptors (Lipinski definition) is 6. The van der Waals surface area contributed by atoms with Gasteiger partial charge in [0.25, 0.3) is 5.91 Å². The third kappa shape index (κ3) is 6.23. The van der Waals surface area contributed by atoms with Gasteiger partial charge in [-0.25, -0.2) is 0 Å². The van der Waals surface area contributed by atoms with Gasteiger partial charge in [0.05, 0.1) is 24.3 Å². The van der Waals surface area contributed by atoms with E-state index >= 15 is 0 Å². The Morgan fingerprint density at radius 1 is 1.09 bits per heavy atom.